The van der Waals surface area contributed by atoms with E-state index in [4.69, 9.17) is 0 Å². The van der Waals surface area contributed by atoms with Gasteiger partial charge in [-0.15, -0.1) is 11.3 Å². The summed E-state index contributed by atoms with van der Waals surface area (Å²) >= 11 is 3.61. The largest absolute Gasteiger partial charge is 0.309 e. The average molecular weight is 278 g/mol. The van der Waals surface area contributed by atoms with E-state index in [1.54, 1.807) is 11.3 Å². The lowest BCUT2D eigenvalue weighted by Gasteiger charge is -2.07. The molecule has 0 bridgehead atoms. The van der Waals surface area contributed by atoms with Gasteiger partial charge in [-0.2, -0.15) is 11.8 Å². The van der Waals surface area contributed by atoms with Crippen LogP contribution in [0.5, 0.6) is 0 Å². The summed E-state index contributed by atoms with van der Waals surface area (Å²) < 4.78 is 0. The summed E-state index contributed by atoms with van der Waals surface area (Å²) in [6, 6.07) is 10.3. The highest BCUT2D eigenvalue weighted by Gasteiger charge is 2.04. The van der Waals surface area contributed by atoms with E-state index in [0.29, 0.717) is 5.25 Å². The predicted molar refractivity (Wildman–Crippen MR) is 82.2 cm³/mol. The molecule has 1 heterocycles. The summed E-state index contributed by atoms with van der Waals surface area (Å²) in [5.41, 5.74) is 2.27. The van der Waals surface area contributed by atoms with Gasteiger partial charge in [0.05, 0.1) is 5.69 Å². The van der Waals surface area contributed by atoms with E-state index in [1.807, 2.05) is 30.0 Å². The molecule has 1 unspecified atom stereocenters. The van der Waals surface area contributed by atoms with E-state index in [2.05, 4.69) is 41.0 Å². The molecule has 0 saturated heterocycles. The van der Waals surface area contributed by atoms with Gasteiger partial charge in [-0.25, -0.2) is 4.98 Å². The molecular formula is C14H18N2S2. The van der Waals surface area contributed by atoms with Crippen LogP contribution in [-0.2, 0) is 6.54 Å². The molecule has 0 saturated carbocycles. The zero-order chi connectivity index (χ0) is 12.8. The molecule has 96 valence electrons. The maximum absolute atomic E-state index is 4.65. The number of thiazole rings is 1. The van der Waals surface area contributed by atoms with Gasteiger partial charge in [0, 0.05) is 29.3 Å². The molecule has 0 fully saturated rings. The van der Waals surface area contributed by atoms with Gasteiger partial charge in [0.25, 0.3) is 0 Å². The van der Waals surface area contributed by atoms with Gasteiger partial charge in [-0.05, 0) is 6.26 Å². The molecule has 2 rings (SSSR count). The van der Waals surface area contributed by atoms with E-state index < -0.39 is 0 Å². The topological polar surface area (TPSA) is 24.9 Å². The molecular weight excluding hydrogens is 260 g/mol. The Bertz CT molecular complexity index is 468. The van der Waals surface area contributed by atoms with Crippen molar-refractivity contribution >= 4 is 23.1 Å². The number of rotatable bonds is 6. The van der Waals surface area contributed by atoms with Crippen molar-refractivity contribution in [2.24, 2.45) is 0 Å². The fraction of sp³-hybridized carbons (Fsp3) is 0.357. The van der Waals surface area contributed by atoms with Crippen LogP contribution in [0.4, 0.5) is 0 Å². The monoisotopic (exact) mass is 278 g/mol. The standard InChI is InChI=1S/C14H18N2S2/c1-11(17-2)8-15-9-14-16-13(10-18-14)12-6-4-3-5-7-12/h3-7,10-11,15H,8-9H2,1-2H3. The fourth-order valence-electron chi connectivity index (χ4n) is 1.60. The molecule has 0 aliphatic rings. The van der Waals surface area contributed by atoms with Crippen LogP contribution in [0.3, 0.4) is 0 Å². The summed E-state index contributed by atoms with van der Waals surface area (Å²) in [4.78, 5) is 4.65. The fourth-order valence-corrected chi connectivity index (χ4v) is 2.66. The zero-order valence-electron chi connectivity index (χ0n) is 10.7. The summed E-state index contributed by atoms with van der Waals surface area (Å²) in [5.74, 6) is 0. The lowest BCUT2D eigenvalue weighted by Crippen LogP contribution is -2.21. The van der Waals surface area contributed by atoms with Crippen LogP contribution in [0.1, 0.15) is 11.9 Å². The van der Waals surface area contributed by atoms with E-state index in [0.717, 1.165) is 23.8 Å². The van der Waals surface area contributed by atoms with Crippen molar-refractivity contribution in [2.75, 3.05) is 12.8 Å². The smallest absolute Gasteiger partial charge is 0.107 e. The van der Waals surface area contributed by atoms with Gasteiger partial charge >= 0.3 is 0 Å². The van der Waals surface area contributed by atoms with Crippen LogP contribution in [0.15, 0.2) is 35.7 Å². The van der Waals surface area contributed by atoms with Crippen molar-refractivity contribution in [3.8, 4) is 11.3 Å². The minimum atomic E-state index is 0.651. The first-order valence-electron chi connectivity index (χ1n) is 6.03. The van der Waals surface area contributed by atoms with Crippen LogP contribution in [-0.4, -0.2) is 23.0 Å². The van der Waals surface area contributed by atoms with Crippen molar-refractivity contribution in [2.45, 2.75) is 18.7 Å². The first kappa shape index (κ1) is 13.6. The molecule has 2 aromatic rings. The lowest BCUT2D eigenvalue weighted by molar-refractivity contribution is 0.682. The van der Waals surface area contributed by atoms with E-state index >= 15 is 0 Å². The van der Waals surface area contributed by atoms with E-state index in [1.165, 1.54) is 5.56 Å². The third-order valence-corrected chi connectivity index (χ3v) is 4.55. The molecule has 2 nitrogen and oxygen atoms in total. The number of nitrogens with zero attached hydrogens (tertiary/aromatic N) is 1. The van der Waals surface area contributed by atoms with Crippen LogP contribution < -0.4 is 5.32 Å². The second-order valence-electron chi connectivity index (χ2n) is 4.17. The van der Waals surface area contributed by atoms with Crippen LogP contribution in [0.2, 0.25) is 0 Å². The highest BCUT2D eigenvalue weighted by Crippen LogP contribution is 2.21. The molecule has 1 aromatic carbocycles. The van der Waals surface area contributed by atoms with Gasteiger partial charge in [0.1, 0.15) is 5.01 Å². The number of hydrogen-bond acceptors (Lipinski definition) is 4. The summed E-state index contributed by atoms with van der Waals surface area (Å²) in [7, 11) is 0. The highest BCUT2D eigenvalue weighted by molar-refractivity contribution is 7.99. The molecule has 1 N–H and O–H groups in total. The molecule has 0 aliphatic heterocycles. The molecule has 4 heteroatoms. The Morgan fingerprint density at radius 1 is 1.33 bits per heavy atom. The van der Waals surface area contributed by atoms with Gasteiger partial charge < -0.3 is 5.32 Å². The summed E-state index contributed by atoms with van der Waals surface area (Å²) in [6.45, 7) is 4.12. The second kappa shape index (κ2) is 6.92. The Labute approximate surface area is 117 Å². The van der Waals surface area contributed by atoms with Crippen molar-refractivity contribution in [3.63, 3.8) is 0 Å². The predicted octanol–water partition coefficient (Wildman–Crippen LogP) is 3.65. The minimum Gasteiger partial charge on any atom is -0.309 e. The normalized spacial score (nSPS) is 12.6. The summed E-state index contributed by atoms with van der Waals surface area (Å²) in [5, 5.41) is 7.38. The Morgan fingerprint density at radius 3 is 2.83 bits per heavy atom. The van der Waals surface area contributed by atoms with Crippen LogP contribution in [0, 0.1) is 0 Å². The highest BCUT2D eigenvalue weighted by atomic mass is 32.2. The number of aromatic nitrogens is 1. The first-order valence-corrected chi connectivity index (χ1v) is 8.19. The minimum absolute atomic E-state index is 0.651. The average Bonchev–Trinajstić information content (AvgIpc) is 2.88. The first-order chi connectivity index (χ1) is 8.79. The van der Waals surface area contributed by atoms with Gasteiger partial charge in [-0.1, -0.05) is 37.3 Å². The SMILES string of the molecule is CSC(C)CNCc1nc(-c2ccccc2)cs1. The van der Waals surface area contributed by atoms with Gasteiger partial charge in [0.15, 0.2) is 0 Å². The Morgan fingerprint density at radius 2 is 2.11 bits per heavy atom. The molecule has 1 atom stereocenters. The second-order valence-corrected chi connectivity index (χ2v) is 6.39. The summed E-state index contributed by atoms with van der Waals surface area (Å²) in [6.07, 6.45) is 2.14. The molecule has 0 radical (unpaired) electrons. The Hall–Kier alpha value is -0.840. The maximum atomic E-state index is 4.65. The molecule has 0 spiro atoms. The van der Waals surface area contributed by atoms with Crippen LogP contribution in [0.25, 0.3) is 11.3 Å². The maximum Gasteiger partial charge on any atom is 0.107 e. The Balaban J connectivity index is 1.91. The lowest BCUT2D eigenvalue weighted by atomic mass is 10.2. The number of thioether (sulfide) groups is 1. The van der Waals surface area contributed by atoms with Gasteiger partial charge in [-0.3, -0.25) is 0 Å². The van der Waals surface area contributed by atoms with Crippen LogP contribution >= 0.6 is 23.1 Å². The van der Waals surface area contributed by atoms with Crippen molar-refractivity contribution in [1.82, 2.24) is 10.3 Å². The quantitative estimate of drug-likeness (QED) is 0.873. The van der Waals surface area contributed by atoms with E-state index in [9.17, 15) is 0 Å². The molecule has 18 heavy (non-hydrogen) atoms. The third-order valence-electron chi connectivity index (χ3n) is 2.73. The number of hydrogen-bond donors (Lipinski definition) is 1. The number of benzene rings is 1. The van der Waals surface area contributed by atoms with E-state index in [-0.39, 0.29) is 0 Å². The van der Waals surface area contributed by atoms with Crippen molar-refractivity contribution < 1.29 is 0 Å². The van der Waals surface area contributed by atoms with Gasteiger partial charge in [0.2, 0.25) is 0 Å². The molecule has 0 amide bonds. The molecule has 1 aromatic heterocycles. The number of nitrogens with one attached hydrogen (secondary N) is 1. The zero-order valence-corrected chi connectivity index (χ0v) is 12.4. The molecule has 0 aliphatic carbocycles. The van der Waals surface area contributed by atoms with Crippen molar-refractivity contribution in [3.05, 3.63) is 40.7 Å². The van der Waals surface area contributed by atoms with Crippen molar-refractivity contribution in [1.29, 1.82) is 0 Å². The third kappa shape index (κ3) is 3.83. The Kier molecular flexibility index (Phi) is 5.23.